The lowest BCUT2D eigenvalue weighted by molar-refractivity contribution is -0.120. The Hall–Kier alpha value is -3.43. The van der Waals surface area contributed by atoms with Gasteiger partial charge in [0.2, 0.25) is 15.9 Å². The van der Waals surface area contributed by atoms with Gasteiger partial charge in [-0.1, -0.05) is 24.3 Å². The maximum Gasteiger partial charge on any atom is 0.243 e. The van der Waals surface area contributed by atoms with Crippen LogP contribution in [0.25, 0.3) is 0 Å². The van der Waals surface area contributed by atoms with Crippen LogP contribution in [0.3, 0.4) is 0 Å². The van der Waals surface area contributed by atoms with Gasteiger partial charge >= 0.3 is 0 Å². The summed E-state index contributed by atoms with van der Waals surface area (Å²) in [6.07, 6.45) is 4.33. The van der Waals surface area contributed by atoms with Crippen molar-refractivity contribution in [3.8, 4) is 11.5 Å². The van der Waals surface area contributed by atoms with E-state index >= 15 is 0 Å². The number of methoxy groups -OCH3 is 1. The second-order valence-corrected chi connectivity index (χ2v) is 9.93. The van der Waals surface area contributed by atoms with E-state index in [4.69, 9.17) is 9.47 Å². The molecule has 8 nitrogen and oxygen atoms in total. The van der Waals surface area contributed by atoms with E-state index in [1.807, 2.05) is 12.1 Å². The number of aromatic nitrogens is 1. The lowest BCUT2D eigenvalue weighted by atomic mass is 9.97. The van der Waals surface area contributed by atoms with E-state index in [1.165, 1.54) is 4.31 Å². The molecule has 178 valence electrons. The minimum absolute atomic E-state index is 0.139. The third-order valence-electron chi connectivity index (χ3n) is 5.75. The summed E-state index contributed by atoms with van der Waals surface area (Å²) in [5, 5.41) is 2.93. The molecule has 1 amide bonds. The molecule has 1 aromatic heterocycles. The molecular weight excluding hydrogens is 454 g/mol. The Morgan fingerprint density at radius 3 is 2.50 bits per heavy atom. The number of nitrogens with one attached hydrogen (secondary N) is 1. The van der Waals surface area contributed by atoms with Gasteiger partial charge in [0.05, 0.1) is 12.0 Å². The molecule has 9 heteroatoms. The molecular formula is C25H27N3O5S. The summed E-state index contributed by atoms with van der Waals surface area (Å²) in [5.74, 6) is 0.651. The molecule has 34 heavy (non-hydrogen) atoms. The predicted molar refractivity (Wildman–Crippen MR) is 128 cm³/mol. The largest absolute Gasteiger partial charge is 0.493 e. The number of anilines is 1. The van der Waals surface area contributed by atoms with E-state index < -0.39 is 10.0 Å². The van der Waals surface area contributed by atoms with Crippen molar-refractivity contribution in [2.45, 2.75) is 24.3 Å². The number of rotatable bonds is 8. The van der Waals surface area contributed by atoms with Gasteiger partial charge in [0.1, 0.15) is 6.61 Å². The quantitative estimate of drug-likeness (QED) is 0.527. The molecule has 0 spiro atoms. The molecule has 2 aromatic carbocycles. The number of sulfonamides is 1. The zero-order chi connectivity index (χ0) is 24.0. The number of pyridine rings is 1. The van der Waals surface area contributed by atoms with Crippen LogP contribution < -0.4 is 14.8 Å². The van der Waals surface area contributed by atoms with Gasteiger partial charge in [0, 0.05) is 48.7 Å². The first-order chi connectivity index (χ1) is 16.5. The highest BCUT2D eigenvalue weighted by atomic mass is 32.2. The summed E-state index contributed by atoms with van der Waals surface area (Å²) in [4.78, 5) is 17.2. The Balaban J connectivity index is 1.36. The Kier molecular flexibility index (Phi) is 7.44. The maximum atomic E-state index is 12.9. The Morgan fingerprint density at radius 1 is 1.06 bits per heavy atom. The average Bonchev–Trinajstić information content (AvgIpc) is 2.88. The lowest BCUT2D eigenvalue weighted by Crippen LogP contribution is -2.41. The van der Waals surface area contributed by atoms with Crippen LogP contribution >= 0.6 is 0 Å². The molecule has 4 rings (SSSR count). The van der Waals surface area contributed by atoms with Crippen LogP contribution in [0.4, 0.5) is 5.69 Å². The first-order valence-corrected chi connectivity index (χ1v) is 12.5. The van der Waals surface area contributed by atoms with Crippen molar-refractivity contribution in [1.82, 2.24) is 9.29 Å². The SMILES string of the molecule is COc1ccc(NC(=O)C2CCN(S(=O)(=O)c3ccccc3)CC2)cc1OCc1cccnc1. The monoisotopic (exact) mass is 481 g/mol. The number of carbonyl (C=O) groups excluding carboxylic acids is 1. The lowest BCUT2D eigenvalue weighted by Gasteiger charge is -2.30. The molecule has 1 aliphatic heterocycles. The van der Waals surface area contributed by atoms with Gasteiger partial charge in [-0.15, -0.1) is 0 Å². The van der Waals surface area contributed by atoms with E-state index in [2.05, 4.69) is 10.3 Å². The van der Waals surface area contributed by atoms with E-state index in [1.54, 1.807) is 68.0 Å². The van der Waals surface area contributed by atoms with Crippen LogP contribution in [0.2, 0.25) is 0 Å². The van der Waals surface area contributed by atoms with Gasteiger partial charge in [0.25, 0.3) is 0 Å². The molecule has 1 aliphatic rings. The fraction of sp³-hybridized carbons (Fsp3) is 0.280. The summed E-state index contributed by atoms with van der Waals surface area (Å²) in [6, 6.07) is 17.3. The minimum atomic E-state index is -3.55. The number of carbonyl (C=O) groups is 1. The second-order valence-electron chi connectivity index (χ2n) is 8.00. The minimum Gasteiger partial charge on any atom is -0.493 e. The average molecular weight is 482 g/mol. The van der Waals surface area contributed by atoms with Crippen LogP contribution in [0.5, 0.6) is 11.5 Å². The fourth-order valence-electron chi connectivity index (χ4n) is 3.86. The molecule has 0 bridgehead atoms. The summed E-state index contributed by atoms with van der Waals surface area (Å²) >= 11 is 0. The van der Waals surface area contributed by atoms with E-state index in [0.29, 0.717) is 49.7 Å². The number of piperidine rings is 1. The van der Waals surface area contributed by atoms with Gasteiger partial charge in [-0.05, 0) is 43.2 Å². The molecule has 0 radical (unpaired) electrons. The maximum absolute atomic E-state index is 12.9. The number of amides is 1. The predicted octanol–water partition coefficient (Wildman–Crippen LogP) is 3.71. The molecule has 0 aliphatic carbocycles. The molecule has 1 N–H and O–H groups in total. The summed E-state index contributed by atoms with van der Waals surface area (Å²) in [5.41, 5.74) is 1.50. The zero-order valence-electron chi connectivity index (χ0n) is 18.9. The standard InChI is InChI=1S/C25H27N3O5S/c1-32-23-10-9-21(16-24(23)33-18-19-6-5-13-26-17-19)27-25(29)20-11-14-28(15-12-20)34(30,31)22-7-3-2-4-8-22/h2-10,13,16-17,20H,11-12,14-15,18H2,1H3,(H,27,29). The second kappa shape index (κ2) is 10.7. The van der Waals surface area contributed by atoms with Gasteiger partial charge in [-0.2, -0.15) is 4.31 Å². The van der Waals surface area contributed by atoms with E-state index in [9.17, 15) is 13.2 Å². The van der Waals surface area contributed by atoms with Crippen molar-refractivity contribution < 1.29 is 22.7 Å². The first-order valence-electron chi connectivity index (χ1n) is 11.0. The molecule has 3 aromatic rings. The Bertz CT molecular complexity index is 1210. The Morgan fingerprint density at radius 2 is 1.82 bits per heavy atom. The van der Waals surface area contributed by atoms with Crippen molar-refractivity contribution in [2.24, 2.45) is 5.92 Å². The van der Waals surface area contributed by atoms with Crippen LogP contribution in [0, 0.1) is 5.92 Å². The smallest absolute Gasteiger partial charge is 0.243 e. The normalized spacial score (nSPS) is 15.0. The zero-order valence-corrected chi connectivity index (χ0v) is 19.7. The van der Waals surface area contributed by atoms with Crippen LogP contribution in [0.1, 0.15) is 18.4 Å². The van der Waals surface area contributed by atoms with Crippen LogP contribution in [-0.4, -0.2) is 43.8 Å². The topological polar surface area (TPSA) is 97.8 Å². The summed E-state index contributed by atoms with van der Waals surface area (Å²) < 4.78 is 38.3. The number of ether oxygens (including phenoxy) is 2. The van der Waals surface area contributed by atoms with Crippen molar-refractivity contribution in [3.63, 3.8) is 0 Å². The molecule has 1 fully saturated rings. The molecule has 0 unspecified atom stereocenters. The number of hydrogen-bond acceptors (Lipinski definition) is 6. The van der Waals surface area contributed by atoms with Crippen LogP contribution in [-0.2, 0) is 21.4 Å². The highest BCUT2D eigenvalue weighted by Crippen LogP contribution is 2.32. The number of hydrogen-bond donors (Lipinski definition) is 1. The molecule has 0 atom stereocenters. The summed E-state index contributed by atoms with van der Waals surface area (Å²) in [6.45, 7) is 0.921. The fourth-order valence-corrected chi connectivity index (χ4v) is 5.35. The number of benzene rings is 2. The molecule has 0 saturated carbocycles. The van der Waals surface area contributed by atoms with Crippen molar-refractivity contribution in [3.05, 3.63) is 78.6 Å². The number of nitrogens with zero attached hydrogens (tertiary/aromatic N) is 2. The van der Waals surface area contributed by atoms with Crippen LogP contribution in [0.15, 0.2) is 78.0 Å². The van der Waals surface area contributed by atoms with Crippen molar-refractivity contribution in [1.29, 1.82) is 0 Å². The first kappa shape index (κ1) is 23.7. The highest BCUT2D eigenvalue weighted by Gasteiger charge is 2.32. The van der Waals surface area contributed by atoms with Gasteiger partial charge in [0.15, 0.2) is 11.5 Å². The van der Waals surface area contributed by atoms with Crippen molar-refractivity contribution >= 4 is 21.6 Å². The Labute approximate surface area is 199 Å². The summed E-state index contributed by atoms with van der Waals surface area (Å²) in [7, 11) is -1.99. The van der Waals surface area contributed by atoms with E-state index in [-0.39, 0.29) is 16.7 Å². The van der Waals surface area contributed by atoms with Crippen molar-refractivity contribution in [2.75, 3.05) is 25.5 Å². The third kappa shape index (κ3) is 5.55. The van der Waals surface area contributed by atoms with Gasteiger partial charge in [-0.25, -0.2) is 8.42 Å². The molecule has 1 saturated heterocycles. The van der Waals surface area contributed by atoms with Gasteiger partial charge in [-0.3, -0.25) is 9.78 Å². The highest BCUT2D eigenvalue weighted by molar-refractivity contribution is 7.89. The molecule has 2 heterocycles. The van der Waals surface area contributed by atoms with E-state index in [0.717, 1.165) is 5.56 Å². The third-order valence-corrected chi connectivity index (χ3v) is 7.67. The van der Waals surface area contributed by atoms with Gasteiger partial charge < -0.3 is 14.8 Å².